The van der Waals surface area contributed by atoms with Crippen molar-refractivity contribution in [2.24, 2.45) is 5.92 Å². The third-order valence-corrected chi connectivity index (χ3v) is 4.24. The first-order chi connectivity index (χ1) is 9.24. The van der Waals surface area contributed by atoms with Crippen LogP contribution in [0.2, 0.25) is 0 Å². The topological polar surface area (TPSA) is 18.5 Å². The SMILES string of the molecule is CC12Oc3ccccc3CC1Cc1ccccc1O2. The number of ether oxygens (including phenoxy) is 2. The highest BCUT2D eigenvalue weighted by Crippen LogP contribution is 2.44. The lowest BCUT2D eigenvalue weighted by molar-refractivity contribution is -0.159. The maximum absolute atomic E-state index is 6.16. The number of rotatable bonds is 0. The lowest BCUT2D eigenvalue weighted by Gasteiger charge is -2.45. The standard InChI is InChI=1S/C17H16O2/c1-17-14(10-12-6-2-4-8-15(12)18-17)11-13-7-3-5-9-16(13)19-17/h2-9,14H,10-11H2,1H3. The van der Waals surface area contributed by atoms with Gasteiger partial charge in [-0.1, -0.05) is 36.4 Å². The second-order valence-electron chi connectivity index (χ2n) is 5.54. The van der Waals surface area contributed by atoms with Crippen molar-refractivity contribution < 1.29 is 9.47 Å². The van der Waals surface area contributed by atoms with E-state index in [9.17, 15) is 0 Å². The zero-order valence-corrected chi connectivity index (χ0v) is 10.9. The van der Waals surface area contributed by atoms with Crippen LogP contribution in [0.25, 0.3) is 0 Å². The Kier molecular flexibility index (Phi) is 2.16. The molecule has 96 valence electrons. The summed E-state index contributed by atoms with van der Waals surface area (Å²) in [5, 5.41) is 0. The molecule has 0 aliphatic carbocycles. The van der Waals surface area contributed by atoms with Gasteiger partial charge in [-0.25, -0.2) is 0 Å². The molecular formula is C17H16O2. The molecule has 0 saturated heterocycles. The van der Waals surface area contributed by atoms with Gasteiger partial charge in [0.2, 0.25) is 0 Å². The van der Waals surface area contributed by atoms with Crippen LogP contribution in [0.3, 0.4) is 0 Å². The van der Waals surface area contributed by atoms with Crippen LogP contribution >= 0.6 is 0 Å². The minimum absolute atomic E-state index is 0.372. The summed E-state index contributed by atoms with van der Waals surface area (Å²) >= 11 is 0. The van der Waals surface area contributed by atoms with Crippen LogP contribution in [-0.4, -0.2) is 5.79 Å². The number of fused-ring (bicyclic) bond motifs is 3. The zero-order chi connectivity index (χ0) is 12.9. The van der Waals surface area contributed by atoms with E-state index in [1.807, 2.05) is 24.3 Å². The van der Waals surface area contributed by atoms with E-state index in [0.29, 0.717) is 5.92 Å². The average molecular weight is 252 g/mol. The molecule has 19 heavy (non-hydrogen) atoms. The molecule has 2 aliphatic rings. The average Bonchev–Trinajstić information content (AvgIpc) is 2.42. The molecule has 2 aromatic rings. The molecule has 0 amide bonds. The predicted molar refractivity (Wildman–Crippen MR) is 73.4 cm³/mol. The fraction of sp³-hybridized carbons (Fsp3) is 0.294. The first-order valence-electron chi connectivity index (χ1n) is 6.78. The maximum atomic E-state index is 6.16. The van der Waals surface area contributed by atoms with Crippen molar-refractivity contribution in [3.8, 4) is 11.5 Å². The number of hydrogen-bond acceptors (Lipinski definition) is 2. The Morgan fingerprint density at radius 1 is 0.842 bits per heavy atom. The molecule has 0 atom stereocenters. The van der Waals surface area contributed by atoms with Gasteiger partial charge in [0, 0.05) is 12.8 Å². The summed E-state index contributed by atoms with van der Waals surface area (Å²) in [5.74, 6) is 1.75. The molecule has 0 N–H and O–H groups in total. The van der Waals surface area contributed by atoms with Crippen molar-refractivity contribution in [2.75, 3.05) is 0 Å². The highest BCUT2D eigenvalue weighted by molar-refractivity contribution is 5.41. The summed E-state index contributed by atoms with van der Waals surface area (Å²) in [4.78, 5) is 0. The van der Waals surface area contributed by atoms with Gasteiger partial charge in [-0.2, -0.15) is 0 Å². The minimum atomic E-state index is -0.539. The molecule has 2 heteroatoms. The Hall–Kier alpha value is -1.96. The fourth-order valence-electron chi connectivity index (χ4n) is 3.14. The van der Waals surface area contributed by atoms with E-state index in [-0.39, 0.29) is 0 Å². The van der Waals surface area contributed by atoms with Gasteiger partial charge in [-0.05, 0) is 36.1 Å². The molecule has 2 aliphatic heterocycles. The van der Waals surface area contributed by atoms with Gasteiger partial charge in [-0.3, -0.25) is 0 Å². The van der Waals surface area contributed by atoms with Crippen molar-refractivity contribution in [2.45, 2.75) is 25.6 Å². The molecule has 0 bridgehead atoms. The Labute approximate surface area is 113 Å². The molecule has 0 spiro atoms. The van der Waals surface area contributed by atoms with E-state index in [1.54, 1.807) is 0 Å². The van der Waals surface area contributed by atoms with Crippen molar-refractivity contribution in [3.63, 3.8) is 0 Å². The van der Waals surface area contributed by atoms with E-state index < -0.39 is 5.79 Å². The Balaban J connectivity index is 1.77. The molecule has 2 aromatic carbocycles. The monoisotopic (exact) mass is 252 g/mol. The van der Waals surface area contributed by atoms with Crippen LogP contribution in [-0.2, 0) is 12.8 Å². The van der Waals surface area contributed by atoms with Gasteiger partial charge in [0.1, 0.15) is 11.5 Å². The predicted octanol–water partition coefficient (Wildman–Crippen LogP) is 3.59. The van der Waals surface area contributed by atoms with E-state index in [1.165, 1.54) is 11.1 Å². The molecule has 0 radical (unpaired) electrons. The van der Waals surface area contributed by atoms with Crippen LogP contribution in [0.1, 0.15) is 18.1 Å². The zero-order valence-electron chi connectivity index (χ0n) is 10.9. The fourth-order valence-corrected chi connectivity index (χ4v) is 3.14. The first-order valence-corrected chi connectivity index (χ1v) is 6.78. The van der Waals surface area contributed by atoms with E-state index in [0.717, 1.165) is 24.3 Å². The van der Waals surface area contributed by atoms with Crippen molar-refractivity contribution in [1.82, 2.24) is 0 Å². The van der Waals surface area contributed by atoms with E-state index in [2.05, 4.69) is 31.2 Å². The minimum Gasteiger partial charge on any atom is -0.452 e. The van der Waals surface area contributed by atoms with Crippen LogP contribution in [0.4, 0.5) is 0 Å². The van der Waals surface area contributed by atoms with Gasteiger partial charge in [0.15, 0.2) is 0 Å². The molecular weight excluding hydrogens is 236 g/mol. The van der Waals surface area contributed by atoms with Crippen molar-refractivity contribution >= 4 is 0 Å². The Morgan fingerprint density at radius 3 is 1.84 bits per heavy atom. The normalized spacial score (nSPS) is 27.3. The van der Waals surface area contributed by atoms with Gasteiger partial charge in [0.05, 0.1) is 0 Å². The number of hydrogen-bond donors (Lipinski definition) is 0. The summed E-state index contributed by atoms with van der Waals surface area (Å²) in [6.45, 7) is 2.06. The third-order valence-electron chi connectivity index (χ3n) is 4.24. The Bertz CT molecular complexity index is 581. The summed E-state index contributed by atoms with van der Waals surface area (Å²) in [7, 11) is 0. The quantitative estimate of drug-likeness (QED) is 0.713. The number of para-hydroxylation sites is 2. The summed E-state index contributed by atoms with van der Waals surface area (Å²) in [6, 6.07) is 16.5. The maximum Gasteiger partial charge on any atom is 0.251 e. The van der Waals surface area contributed by atoms with Gasteiger partial charge >= 0.3 is 0 Å². The van der Waals surface area contributed by atoms with E-state index >= 15 is 0 Å². The van der Waals surface area contributed by atoms with Crippen molar-refractivity contribution in [3.05, 3.63) is 59.7 Å². The first kappa shape index (κ1) is 10.9. The van der Waals surface area contributed by atoms with Crippen LogP contribution in [0.15, 0.2) is 48.5 Å². The second kappa shape index (κ2) is 3.77. The lowest BCUT2D eigenvalue weighted by atomic mass is 9.82. The highest BCUT2D eigenvalue weighted by Gasteiger charge is 2.46. The van der Waals surface area contributed by atoms with Crippen LogP contribution in [0.5, 0.6) is 11.5 Å². The summed E-state index contributed by atoms with van der Waals surface area (Å²) in [6.07, 6.45) is 2.03. The second-order valence-corrected chi connectivity index (χ2v) is 5.54. The highest BCUT2D eigenvalue weighted by atomic mass is 16.7. The van der Waals surface area contributed by atoms with Crippen LogP contribution in [0, 0.1) is 5.92 Å². The van der Waals surface area contributed by atoms with Gasteiger partial charge < -0.3 is 9.47 Å². The summed E-state index contributed by atoms with van der Waals surface area (Å²) in [5.41, 5.74) is 2.57. The van der Waals surface area contributed by atoms with Gasteiger partial charge in [-0.15, -0.1) is 0 Å². The number of benzene rings is 2. The lowest BCUT2D eigenvalue weighted by Crippen LogP contribution is -2.52. The molecule has 0 saturated carbocycles. The molecule has 2 nitrogen and oxygen atoms in total. The smallest absolute Gasteiger partial charge is 0.251 e. The molecule has 0 fully saturated rings. The largest absolute Gasteiger partial charge is 0.452 e. The molecule has 0 unspecified atom stereocenters. The molecule has 2 heterocycles. The van der Waals surface area contributed by atoms with Crippen LogP contribution < -0.4 is 9.47 Å². The third kappa shape index (κ3) is 1.63. The molecule has 4 rings (SSSR count). The van der Waals surface area contributed by atoms with Gasteiger partial charge in [0.25, 0.3) is 5.79 Å². The summed E-state index contributed by atoms with van der Waals surface area (Å²) < 4.78 is 12.3. The van der Waals surface area contributed by atoms with E-state index in [4.69, 9.17) is 9.47 Å². The van der Waals surface area contributed by atoms with Crippen molar-refractivity contribution in [1.29, 1.82) is 0 Å². The Morgan fingerprint density at radius 2 is 1.32 bits per heavy atom. The molecule has 0 aromatic heterocycles.